The van der Waals surface area contributed by atoms with E-state index in [0.717, 1.165) is 35.6 Å². The van der Waals surface area contributed by atoms with Gasteiger partial charge >= 0.3 is 0 Å². The molecule has 36 heavy (non-hydrogen) atoms. The number of hydrogen-bond donors (Lipinski definition) is 2. The maximum absolute atomic E-state index is 12.5. The molecule has 1 saturated heterocycles. The van der Waals surface area contributed by atoms with Gasteiger partial charge in [0.25, 0.3) is 0 Å². The fourth-order valence-corrected chi connectivity index (χ4v) is 4.08. The molecule has 0 radical (unpaired) electrons. The van der Waals surface area contributed by atoms with E-state index in [4.69, 9.17) is 14.2 Å². The highest BCUT2D eigenvalue weighted by Crippen LogP contribution is 2.26. The predicted octanol–water partition coefficient (Wildman–Crippen LogP) is 3.09. The summed E-state index contributed by atoms with van der Waals surface area (Å²) >= 11 is 0. The van der Waals surface area contributed by atoms with E-state index in [1.165, 1.54) is 0 Å². The molecule has 6 rings (SSSR count). The van der Waals surface area contributed by atoms with Crippen molar-refractivity contribution in [2.75, 3.05) is 36.5 Å². The van der Waals surface area contributed by atoms with Crippen molar-refractivity contribution in [2.24, 2.45) is 0 Å². The minimum absolute atomic E-state index is 0.0710. The Hall–Kier alpha value is -4.64. The van der Waals surface area contributed by atoms with Crippen LogP contribution in [-0.2, 0) is 16.0 Å². The molecule has 1 amide bonds. The van der Waals surface area contributed by atoms with Gasteiger partial charge in [-0.15, -0.1) is 0 Å². The second-order valence-electron chi connectivity index (χ2n) is 8.30. The molecule has 11 heteroatoms. The third-order valence-electron chi connectivity index (χ3n) is 5.87. The topological polar surface area (TPSA) is 135 Å². The van der Waals surface area contributed by atoms with Gasteiger partial charge in [0.05, 0.1) is 19.6 Å². The molecule has 5 aromatic rings. The lowest BCUT2D eigenvalue weighted by molar-refractivity contribution is -0.115. The van der Waals surface area contributed by atoms with E-state index in [9.17, 15) is 4.79 Å². The fourth-order valence-electron chi connectivity index (χ4n) is 4.08. The Labute approximate surface area is 205 Å². The van der Waals surface area contributed by atoms with Crippen molar-refractivity contribution in [3.8, 4) is 22.6 Å². The van der Waals surface area contributed by atoms with E-state index in [1.54, 1.807) is 24.8 Å². The number of ether oxygens (including phenoxy) is 1. The van der Waals surface area contributed by atoms with Crippen molar-refractivity contribution in [2.45, 2.75) is 6.42 Å². The van der Waals surface area contributed by atoms with Gasteiger partial charge in [0.1, 0.15) is 23.6 Å². The molecule has 1 aromatic carbocycles. The predicted molar refractivity (Wildman–Crippen MR) is 132 cm³/mol. The van der Waals surface area contributed by atoms with Crippen LogP contribution in [0.2, 0.25) is 0 Å². The minimum Gasteiger partial charge on any atom is -0.378 e. The molecule has 0 unspecified atom stereocenters. The van der Waals surface area contributed by atoms with Crippen LogP contribution in [0.5, 0.6) is 0 Å². The summed E-state index contributed by atoms with van der Waals surface area (Å²) in [7, 11) is 0. The normalized spacial score (nSPS) is 13.7. The highest BCUT2D eigenvalue weighted by Gasteiger charge is 2.19. The SMILES string of the molecule is O=C(Cc1cc(-c2cccnc2)no1)Nc1ccc(-c2nc3c(N4CCOCC4)ncnc3[nH]2)cc1. The number of carbonyl (C=O) groups excluding carboxylic acids is 1. The largest absolute Gasteiger partial charge is 0.378 e. The summed E-state index contributed by atoms with van der Waals surface area (Å²) in [5.41, 5.74) is 4.41. The van der Waals surface area contributed by atoms with E-state index < -0.39 is 0 Å². The lowest BCUT2D eigenvalue weighted by Gasteiger charge is -2.27. The number of amides is 1. The monoisotopic (exact) mass is 482 g/mol. The van der Waals surface area contributed by atoms with Crippen LogP contribution in [-0.4, -0.2) is 62.3 Å². The van der Waals surface area contributed by atoms with Crippen LogP contribution < -0.4 is 10.2 Å². The molecule has 1 fully saturated rings. The average molecular weight is 483 g/mol. The molecular weight excluding hydrogens is 460 g/mol. The molecule has 0 saturated carbocycles. The molecule has 5 heterocycles. The summed E-state index contributed by atoms with van der Waals surface area (Å²) in [6, 6.07) is 12.9. The van der Waals surface area contributed by atoms with E-state index in [1.807, 2.05) is 36.4 Å². The van der Waals surface area contributed by atoms with Gasteiger partial charge in [-0.3, -0.25) is 9.78 Å². The summed E-state index contributed by atoms with van der Waals surface area (Å²) in [6.45, 7) is 2.86. The zero-order valence-corrected chi connectivity index (χ0v) is 19.2. The highest BCUT2D eigenvalue weighted by atomic mass is 16.5. The number of pyridine rings is 1. The van der Waals surface area contributed by atoms with E-state index in [2.05, 4.69) is 35.3 Å². The fraction of sp³-hybridized carbons (Fsp3) is 0.200. The number of morpholine rings is 1. The molecular formula is C25H22N8O3. The van der Waals surface area contributed by atoms with Crippen LogP contribution in [0.3, 0.4) is 0 Å². The van der Waals surface area contributed by atoms with Gasteiger partial charge < -0.3 is 24.5 Å². The Morgan fingerprint density at radius 3 is 2.75 bits per heavy atom. The standard InChI is InChI=1S/C25H22N8O3/c34-21(13-19-12-20(32-36-19)17-2-1-7-26-14-17)29-18-5-3-16(4-6-18)23-30-22-24(31-23)27-15-28-25(22)33-8-10-35-11-9-33/h1-7,12,14-15H,8-11,13H2,(H,29,34)(H,27,28,30,31). The van der Waals surface area contributed by atoms with Crippen LogP contribution >= 0.6 is 0 Å². The number of benzene rings is 1. The van der Waals surface area contributed by atoms with E-state index in [0.29, 0.717) is 41.8 Å². The first-order chi connectivity index (χ1) is 17.7. The number of anilines is 2. The smallest absolute Gasteiger partial charge is 0.232 e. The third kappa shape index (κ3) is 4.51. The Kier molecular flexibility index (Phi) is 5.80. The maximum atomic E-state index is 12.5. The molecule has 180 valence electrons. The van der Waals surface area contributed by atoms with E-state index in [-0.39, 0.29) is 12.3 Å². The lowest BCUT2D eigenvalue weighted by atomic mass is 10.2. The number of aromatic amines is 1. The van der Waals surface area contributed by atoms with Gasteiger partial charge in [-0.1, -0.05) is 5.16 Å². The number of carbonyl (C=O) groups is 1. The number of fused-ring (bicyclic) bond motifs is 1. The highest BCUT2D eigenvalue weighted by molar-refractivity contribution is 5.92. The van der Waals surface area contributed by atoms with E-state index >= 15 is 0 Å². The van der Waals surface area contributed by atoms with Crippen LogP contribution in [0.4, 0.5) is 11.5 Å². The Morgan fingerprint density at radius 1 is 1.08 bits per heavy atom. The van der Waals surface area contributed by atoms with Crippen LogP contribution in [0.25, 0.3) is 33.8 Å². The molecule has 0 bridgehead atoms. The van der Waals surface area contributed by atoms with Gasteiger partial charge in [-0.05, 0) is 36.4 Å². The Morgan fingerprint density at radius 2 is 1.94 bits per heavy atom. The van der Waals surface area contributed by atoms with Gasteiger partial charge in [0, 0.05) is 48.4 Å². The minimum atomic E-state index is -0.203. The second-order valence-corrected chi connectivity index (χ2v) is 8.30. The molecule has 1 aliphatic heterocycles. The number of aromatic nitrogens is 6. The molecule has 11 nitrogen and oxygen atoms in total. The van der Waals surface area contributed by atoms with Crippen molar-refractivity contribution >= 4 is 28.6 Å². The average Bonchev–Trinajstić information content (AvgIpc) is 3.57. The molecule has 0 aliphatic carbocycles. The zero-order chi connectivity index (χ0) is 24.3. The van der Waals surface area contributed by atoms with Gasteiger partial charge in [-0.25, -0.2) is 15.0 Å². The number of hydrogen-bond acceptors (Lipinski definition) is 9. The molecule has 2 N–H and O–H groups in total. The van der Waals surface area contributed by atoms with Crippen LogP contribution in [0, 0.1) is 0 Å². The zero-order valence-electron chi connectivity index (χ0n) is 19.2. The molecule has 1 aliphatic rings. The number of rotatable bonds is 6. The van der Waals surface area contributed by atoms with Gasteiger partial charge in [0.15, 0.2) is 17.0 Å². The lowest BCUT2D eigenvalue weighted by Crippen LogP contribution is -2.36. The Bertz CT molecular complexity index is 1490. The molecule has 0 spiro atoms. The summed E-state index contributed by atoms with van der Waals surface area (Å²) in [4.78, 5) is 35.6. The number of nitrogens with one attached hydrogen (secondary N) is 2. The van der Waals surface area contributed by atoms with Gasteiger partial charge in [-0.2, -0.15) is 0 Å². The summed E-state index contributed by atoms with van der Waals surface area (Å²) in [6.07, 6.45) is 5.00. The van der Waals surface area contributed by atoms with Crippen LogP contribution in [0.1, 0.15) is 5.76 Å². The van der Waals surface area contributed by atoms with Crippen molar-refractivity contribution in [3.05, 3.63) is 66.9 Å². The van der Waals surface area contributed by atoms with Crippen molar-refractivity contribution < 1.29 is 14.1 Å². The first kappa shape index (κ1) is 21.9. The third-order valence-corrected chi connectivity index (χ3v) is 5.87. The number of H-pyrrole nitrogens is 1. The number of imidazole rings is 1. The van der Waals surface area contributed by atoms with Gasteiger partial charge in [0.2, 0.25) is 5.91 Å². The summed E-state index contributed by atoms with van der Waals surface area (Å²) in [5.74, 6) is 1.75. The first-order valence-electron chi connectivity index (χ1n) is 11.5. The summed E-state index contributed by atoms with van der Waals surface area (Å²) in [5, 5.41) is 6.91. The second kappa shape index (κ2) is 9.55. The van der Waals surface area contributed by atoms with Crippen molar-refractivity contribution in [1.29, 1.82) is 0 Å². The first-order valence-corrected chi connectivity index (χ1v) is 11.5. The summed E-state index contributed by atoms with van der Waals surface area (Å²) < 4.78 is 10.8. The van der Waals surface area contributed by atoms with Crippen molar-refractivity contribution in [3.63, 3.8) is 0 Å². The quantitative estimate of drug-likeness (QED) is 0.374. The molecule has 4 aromatic heterocycles. The van der Waals surface area contributed by atoms with Crippen molar-refractivity contribution in [1.82, 2.24) is 30.1 Å². The van der Waals surface area contributed by atoms with Crippen LogP contribution in [0.15, 0.2) is 65.7 Å². The molecule has 0 atom stereocenters. The number of nitrogens with zero attached hydrogens (tertiary/aromatic N) is 6. The Balaban J connectivity index is 1.14. The maximum Gasteiger partial charge on any atom is 0.232 e.